The summed E-state index contributed by atoms with van der Waals surface area (Å²) in [6, 6.07) is 35.0. The Balaban J connectivity index is 1.50. The van der Waals surface area contributed by atoms with Crippen LogP contribution in [0, 0.1) is 0 Å². The Hall–Kier alpha value is -3.94. The molecule has 0 spiro atoms. The number of halogens is 3. The molecule has 368 valence electrons. The van der Waals surface area contributed by atoms with Crippen molar-refractivity contribution in [1.82, 2.24) is 5.32 Å². The van der Waals surface area contributed by atoms with Crippen LogP contribution < -0.4 is 5.32 Å². The van der Waals surface area contributed by atoms with E-state index in [0.717, 1.165) is 16.7 Å². The molecule has 68 heavy (non-hydrogen) atoms. The Bertz CT molecular complexity index is 2200. The van der Waals surface area contributed by atoms with Crippen molar-refractivity contribution in [2.24, 2.45) is 0 Å². The number of amides is 1. The van der Waals surface area contributed by atoms with Crippen molar-refractivity contribution in [2.45, 2.75) is 124 Å². The number of carbonyl (C=O) groups is 3. The highest BCUT2D eigenvalue weighted by Gasteiger charge is 2.57. The topological polar surface area (TPSA) is 156 Å². The maximum atomic E-state index is 14.3. The van der Waals surface area contributed by atoms with E-state index in [-0.39, 0.29) is 37.0 Å². The number of esters is 2. The lowest BCUT2D eigenvalue weighted by Crippen LogP contribution is -2.70. The molecule has 10 atom stereocenters. The van der Waals surface area contributed by atoms with Crippen LogP contribution in [0.15, 0.2) is 121 Å². The highest BCUT2D eigenvalue weighted by molar-refractivity contribution is 6.76. The van der Waals surface area contributed by atoms with Crippen molar-refractivity contribution < 1.29 is 61.4 Å². The molecule has 0 bridgehead atoms. The van der Waals surface area contributed by atoms with Crippen LogP contribution in [0.25, 0.3) is 0 Å². The highest BCUT2D eigenvalue weighted by atomic mass is 35.6. The molecule has 4 aromatic carbocycles. The molecule has 1 amide bonds. The molecule has 2 aliphatic rings. The Labute approximate surface area is 414 Å². The molecule has 0 aliphatic carbocycles. The second-order valence-corrected chi connectivity index (χ2v) is 25.0. The third kappa shape index (κ3) is 14.1. The first-order valence-electron chi connectivity index (χ1n) is 22.2. The van der Waals surface area contributed by atoms with E-state index in [1.807, 2.05) is 91.0 Å². The molecule has 2 aliphatic heterocycles. The van der Waals surface area contributed by atoms with Gasteiger partial charge in [0.15, 0.2) is 33.1 Å². The van der Waals surface area contributed by atoms with Gasteiger partial charge in [-0.05, 0) is 47.0 Å². The molecular weight excluding hydrogens is 957 g/mol. The van der Waals surface area contributed by atoms with E-state index >= 15 is 0 Å². The number of ether oxygens (including phenoxy) is 9. The van der Waals surface area contributed by atoms with Crippen LogP contribution in [0.1, 0.15) is 47.8 Å². The van der Waals surface area contributed by atoms with Crippen molar-refractivity contribution in [3.63, 3.8) is 0 Å². The maximum absolute atomic E-state index is 14.3. The standard InChI is InChI=1S/C50H60Cl3NO13Si/c1-49(2,3)68(6,7)63-31-36-38(60-28-32-20-12-8-13-21-32)39(37(46(59-5)64-36)54-48(57)50(51,52)53)66-47-43(65-44(55)35-26-18-11-19-27-35)41(62-30-34-24-16-10-17-25-34)40(42(67-47)45(56)58-4)61-29-33-22-14-9-15-23-33/h8-27,36-43,46-47H,28-31H2,1-7H3,(H,54,57)/t36-,37-,38+,39-,40+,41+,42+,43-,46-,47-/m1/s1. The molecule has 2 heterocycles. The number of methoxy groups -OCH3 is 2. The van der Waals surface area contributed by atoms with Gasteiger partial charge in [-0.15, -0.1) is 0 Å². The predicted molar refractivity (Wildman–Crippen MR) is 257 cm³/mol. The molecule has 0 saturated carbocycles. The lowest BCUT2D eigenvalue weighted by Gasteiger charge is -2.50. The molecule has 6 rings (SSSR count). The van der Waals surface area contributed by atoms with Crippen molar-refractivity contribution in [2.75, 3.05) is 20.8 Å². The maximum Gasteiger partial charge on any atom is 0.338 e. The van der Waals surface area contributed by atoms with Gasteiger partial charge in [-0.3, -0.25) is 4.79 Å². The van der Waals surface area contributed by atoms with Gasteiger partial charge in [0.1, 0.15) is 36.6 Å². The SMILES string of the molecule is COC(=O)[C@H]1O[C@@H](O[C@@H]2[C@@H](NC(=O)C(Cl)(Cl)Cl)[C@H](OC)O[C@H](CO[Si](C)(C)C(C)(C)C)[C@@H]2OCc2ccccc2)[C@H](OC(=O)c2ccccc2)[C@@H](OCc2ccccc2)[C@@H]1OCc1ccccc1. The summed E-state index contributed by atoms with van der Waals surface area (Å²) in [5.74, 6) is -2.63. The average molecular weight is 1020 g/mol. The zero-order chi connectivity index (χ0) is 49.1. The van der Waals surface area contributed by atoms with E-state index in [1.54, 1.807) is 30.3 Å². The van der Waals surface area contributed by atoms with Crippen LogP contribution in [0.4, 0.5) is 0 Å². The van der Waals surface area contributed by atoms with Gasteiger partial charge in [-0.2, -0.15) is 0 Å². The second kappa shape index (κ2) is 24.3. The molecule has 1 N–H and O–H groups in total. The number of hydrogen-bond donors (Lipinski definition) is 1. The van der Waals surface area contributed by atoms with Crippen molar-refractivity contribution in [1.29, 1.82) is 0 Å². The van der Waals surface area contributed by atoms with Gasteiger partial charge in [0.05, 0.1) is 39.1 Å². The predicted octanol–water partition coefficient (Wildman–Crippen LogP) is 8.50. The number of benzene rings is 4. The minimum Gasteiger partial charge on any atom is -0.467 e. The van der Waals surface area contributed by atoms with Crippen LogP contribution >= 0.6 is 34.8 Å². The Morgan fingerprint density at radius 3 is 1.59 bits per heavy atom. The van der Waals surface area contributed by atoms with E-state index in [0.29, 0.717) is 0 Å². The zero-order valence-corrected chi connectivity index (χ0v) is 42.4. The Morgan fingerprint density at radius 2 is 1.12 bits per heavy atom. The summed E-state index contributed by atoms with van der Waals surface area (Å²) in [5, 5.41) is 2.55. The quantitative estimate of drug-likeness (QED) is 0.0543. The minimum absolute atomic E-state index is 0.00172. The molecule has 14 nitrogen and oxygen atoms in total. The van der Waals surface area contributed by atoms with E-state index < -0.39 is 91.3 Å². The molecule has 2 saturated heterocycles. The molecule has 0 aromatic heterocycles. The van der Waals surface area contributed by atoms with Crippen LogP contribution in [-0.2, 0) is 76.5 Å². The minimum atomic E-state index is -2.45. The summed E-state index contributed by atoms with van der Waals surface area (Å²) in [6.45, 7) is 10.6. The molecule has 4 aromatic rings. The van der Waals surface area contributed by atoms with Crippen molar-refractivity contribution in [3.8, 4) is 0 Å². The van der Waals surface area contributed by atoms with Crippen molar-refractivity contribution in [3.05, 3.63) is 144 Å². The Kier molecular flexibility index (Phi) is 19.1. The summed E-state index contributed by atoms with van der Waals surface area (Å²) in [4.78, 5) is 42.0. The highest BCUT2D eigenvalue weighted by Crippen LogP contribution is 2.40. The Morgan fingerprint density at radius 1 is 0.632 bits per heavy atom. The first kappa shape index (κ1) is 53.4. The fraction of sp³-hybridized carbons (Fsp3) is 0.460. The summed E-state index contributed by atoms with van der Waals surface area (Å²) < 4.78 is 62.3. The molecular formula is C50H60Cl3NO13Si. The third-order valence-electron chi connectivity index (χ3n) is 12.2. The summed E-state index contributed by atoms with van der Waals surface area (Å²) in [5.41, 5.74) is 2.55. The summed E-state index contributed by atoms with van der Waals surface area (Å²) in [7, 11) is 0.141. The van der Waals surface area contributed by atoms with E-state index in [9.17, 15) is 14.4 Å². The lowest BCUT2D eigenvalue weighted by molar-refractivity contribution is -0.348. The van der Waals surface area contributed by atoms with Crippen LogP contribution in [0.3, 0.4) is 0 Å². The summed E-state index contributed by atoms with van der Waals surface area (Å²) in [6.07, 6.45) is -11.9. The number of alkyl halides is 3. The van der Waals surface area contributed by atoms with Crippen LogP contribution in [-0.4, -0.2) is 112 Å². The molecule has 18 heteroatoms. The second-order valence-electron chi connectivity index (χ2n) is 17.9. The molecule has 0 radical (unpaired) electrons. The number of hydrogen-bond acceptors (Lipinski definition) is 13. The van der Waals surface area contributed by atoms with Gasteiger partial charge in [0.2, 0.25) is 0 Å². The number of rotatable bonds is 19. The fourth-order valence-electron chi connectivity index (χ4n) is 7.44. The van der Waals surface area contributed by atoms with Gasteiger partial charge < -0.3 is 52.4 Å². The fourth-order valence-corrected chi connectivity index (χ4v) is 8.62. The monoisotopic (exact) mass is 1020 g/mol. The van der Waals surface area contributed by atoms with Crippen LogP contribution in [0.2, 0.25) is 18.1 Å². The van der Waals surface area contributed by atoms with E-state index in [1.165, 1.54) is 14.2 Å². The van der Waals surface area contributed by atoms with Gasteiger partial charge >= 0.3 is 11.9 Å². The van der Waals surface area contributed by atoms with Gasteiger partial charge in [-0.25, -0.2) is 9.59 Å². The largest absolute Gasteiger partial charge is 0.467 e. The average Bonchev–Trinajstić information content (AvgIpc) is 3.33. The van der Waals surface area contributed by atoms with Gasteiger partial charge in [0, 0.05) is 7.11 Å². The van der Waals surface area contributed by atoms with E-state index in [2.05, 4.69) is 39.2 Å². The third-order valence-corrected chi connectivity index (χ3v) is 17.2. The number of carbonyl (C=O) groups excluding carboxylic acids is 3. The summed E-state index contributed by atoms with van der Waals surface area (Å²) >= 11 is 18.5. The van der Waals surface area contributed by atoms with Crippen LogP contribution in [0.5, 0.6) is 0 Å². The lowest BCUT2D eigenvalue weighted by atomic mass is 9.94. The van der Waals surface area contributed by atoms with Gasteiger partial charge in [-0.1, -0.05) is 165 Å². The smallest absolute Gasteiger partial charge is 0.338 e. The van der Waals surface area contributed by atoms with Crippen molar-refractivity contribution >= 4 is 61.0 Å². The molecule has 0 unspecified atom stereocenters. The normalized spacial score (nSPS) is 25.6. The number of nitrogens with one attached hydrogen (secondary N) is 1. The molecule has 2 fully saturated rings. The first-order valence-corrected chi connectivity index (χ1v) is 26.3. The zero-order valence-electron chi connectivity index (χ0n) is 39.1. The van der Waals surface area contributed by atoms with E-state index in [4.69, 9.17) is 81.9 Å². The van der Waals surface area contributed by atoms with Gasteiger partial charge in [0.25, 0.3) is 9.70 Å². The first-order chi connectivity index (χ1) is 32.4.